The van der Waals surface area contributed by atoms with Crippen LogP contribution in [0.2, 0.25) is 0 Å². The maximum absolute atomic E-state index is 13.3. The number of allylic oxidation sites excluding steroid dienone is 1. The zero-order valence-corrected chi connectivity index (χ0v) is 16.6. The fourth-order valence-corrected chi connectivity index (χ4v) is 4.64. The second kappa shape index (κ2) is 6.92. The molecule has 4 atom stereocenters. The minimum atomic E-state index is -0.422. The Labute approximate surface area is 175 Å². The third-order valence-electron chi connectivity index (χ3n) is 6.27. The Hall–Kier alpha value is -3.25. The lowest BCUT2D eigenvalue weighted by Crippen LogP contribution is -2.45. The van der Waals surface area contributed by atoms with E-state index in [4.69, 9.17) is 5.73 Å². The van der Waals surface area contributed by atoms with Crippen LogP contribution in [-0.4, -0.2) is 28.6 Å². The summed E-state index contributed by atoms with van der Waals surface area (Å²) in [5.41, 5.74) is 8.64. The van der Waals surface area contributed by atoms with E-state index < -0.39 is 5.54 Å². The van der Waals surface area contributed by atoms with Crippen LogP contribution in [0.1, 0.15) is 24.9 Å². The van der Waals surface area contributed by atoms with E-state index in [-0.39, 0.29) is 29.7 Å². The second-order valence-electron chi connectivity index (χ2n) is 8.22. The number of benzene rings is 2. The molecule has 0 aromatic heterocycles. The summed E-state index contributed by atoms with van der Waals surface area (Å²) in [6.45, 7) is 2.09. The average molecular weight is 402 g/mol. The number of nitrogens with zero attached hydrogens (tertiary/aromatic N) is 3. The highest BCUT2D eigenvalue weighted by Gasteiger charge is 2.46. The smallest absolute Gasteiger partial charge is 0.229 e. The van der Waals surface area contributed by atoms with Crippen molar-refractivity contribution in [2.75, 3.05) is 5.01 Å². The molecule has 152 valence electrons. The van der Waals surface area contributed by atoms with Gasteiger partial charge in [0, 0.05) is 30.3 Å². The molecule has 3 aliphatic rings. The first-order chi connectivity index (χ1) is 14.5. The Morgan fingerprint density at radius 2 is 1.87 bits per heavy atom. The Morgan fingerprint density at radius 1 is 1.13 bits per heavy atom. The Balaban J connectivity index is 1.47. The molecular weight excluding hydrogens is 379 g/mol. The summed E-state index contributed by atoms with van der Waals surface area (Å²) in [6, 6.07) is 15.8. The van der Waals surface area contributed by atoms with Crippen molar-refractivity contribution in [3.63, 3.8) is 0 Å². The molecule has 1 fully saturated rings. The maximum atomic E-state index is 13.3. The van der Waals surface area contributed by atoms with Crippen molar-refractivity contribution in [1.82, 2.24) is 4.90 Å². The van der Waals surface area contributed by atoms with Crippen LogP contribution in [0.25, 0.3) is 0 Å². The summed E-state index contributed by atoms with van der Waals surface area (Å²) >= 11 is 0. The number of hydrogen-bond donors (Lipinski definition) is 1. The van der Waals surface area contributed by atoms with E-state index in [0.29, 0.717) is 6.42 Å². The van der Waals surface area contributed by atoms with Crippen molar-refractivity contribution in [3.8, 4) is 0 Å². The third kappa shape index (κ3) is 2.87. The molecule has 6 heteroatoms. The lowest BCUT2D eigenvalue weighted by molar-refractivity contribution is -0.127. The summed E-state index contributed by atoms with van der Waals surface area (Å²) in [6.07, 6.45) is 8.34. The highest BCUT2D eigenvalue weighted by atomic mass is 19.1. The molecule has 1 aliphatic carbocycles. The van der Waals surface area contributed by atoms with Crippen LogP contribution >= 0.6 is 0 Å². The van der Waals surface area contributed by atoms with Gasteiger partial charge < -0.3 is 10.6 Å². The minimum absolute atomic E-state index is 0.0244. The SMILES string of the molecule is CC12C=CC(N3C(=O)C[C@H](N)C3c3ccccc3)=CC1C=NN2c1ccc(F)cc1. The van der Waals surface area contributed by atoms with Crippen molar-refractivity contribution in [3.05, 3.63) is 89.9 Å². The first kappa shape index (κ1) is 18.8. The van der Waals surface area contributed by atoms with Crippen molar-refractivity contribution < 1.29 is 9.18 Å². The van der Waals surface area contributed by atoms with E-state index in [1.807, 2.05) is 52.5 Å². The number of carbonyl (C=O) groups excluding carboxylic acids is 1. The number of rotatable bonds is 3. The van der Waals surface area contributed by atoms with E-state index in [9.17, 15) is 9.18 Å². The molecule has 2 N–H and O–H groups in total. The predicted molar refractivity (Wildman–Crippen MR) is 115 cm³/mol. The normalized spacial score (nSPS) is 30.0. The molecule has 0 spiro atoms. The molecule has 1 saturated heterocycles. The van der Waals surface area contributed by atoms with E-state index in [1.165, 1.54) is 12.1 Å². The van der Waals surface area contributed by atoms with Gasteiger partial charge in [-0.25, -0.2) is 4.39 Å². The number of fused-ring (bicyclic) bond motifs is 1. The van der Waals surface area contributed by atoms with Crippen LogP contribution in [0.4, 0.5) is 10.1 Å². The Kier molecular flexibility index (Phi) is 4.33. The number of anilines is 1. The summed E-state index contributed by atoms with van der Waals surface area (Å²) in [4.78, 5) is 14.7. The lowest BCUT2D eigenvalue weighted by Gasteiger charge is -2.39. The van der Waals surface area contributed by atoms with E-state index in [1.54, 1.807) is 12.1 Å². The second-order valence-corrected chi connectivity index (χ2v) is 8.22. The molecule has 0 saturated carbocycles. The Morgan fingerprint density at radius 3 is 2.60 bits per heavy atom. The molecule has 5 rings (SSSR count). The summed E-state index contributed by atoms with van der Waals surface area (Å²) in [5, 5.41) is 6.48. The van der Waals surface area contributed by atoms with Crippen LogP contribution in [0.15, 0.2) is 83.6 Å². The number of hydrazone groups is 1. The zero-order valence-electron chi connectivity index (χ0n) is 16.6. The van der Waals surface area contributed by atoms with Gasteiger partial charge in [-0.3, -0.25) is 9.80 Å². The summed E-state index contributed by atoms with van der Waals surface area (Å²) < 4.78 is 13.3. The number of carbonyl (C=O) groups is 1. The van der Waals surface area contributed by atoms with Crippen LogP contribution < -0.4 is 10.7 Å². The molecule has 1 amide bonds. The number of likely N-dealkylation sites (tertiary alicyclic amines) is 1. The van der Waals surface area contributed by atoms with Gasteiger partial charge in [-0.1, -0.05) is 36.4 Å². The van der Waals surface area contributed by atoms with Gasteiger partial charge >= 0.3 is 0 Å². The standard InChI is InChI=1S/C24H23FN4O/c1-24-12-11-20(13-17(24)15-27-29(24)19-9-7-18(25)8-10-19)28-22(30)14-21(26)23(28)16-5-3-2-4-6-16/h2-13,15,17,21,23H,14,26H2,1H3/t17?,21-,23?,24?/m0/s1. The molecule has 5 nitrogen and oxygen atoms in total. The average Bonchev–Trinajstić information content (AvgIpc) is 3.24. The first-order valence-electron chi connectivity index (χ1n) is 10.1. The molecule has 2 aromatic rings. The molecule has 2 aromatic carbocycles. The van der Waals surface area contributed by atoms with Crippen LogP contribution in [-0.2, 0) is 4.79 Å². The third-order valence-corrected chi connectivity index (χ3v) is 6.27. The molecular formula is C24H23FN4O. The number of nitrogens with two attached hydrogens (primary N) is 1. The van der Waals surface area contributed by atoms with Gasteiger partial charge in [0.15, 0.2) is 0 Å². The number of halogens is 1. The van der Waals surface area contributed by atoms with E-state index in [2.05, 4.69) is 24.2 Å². The first-order valence-corrected chi connectivity index (χ1v) is 10.1. The quantitative estimate of drug-likeness (QED) is 0.850. The minimum Gasteiger partial charge on any atom is -0.325 e. The van der Waals surface area contributed by atoms with Crippen LogP contribution in [0, 0.1) is 11.7 Å². The van der Waals surface area contributed by atoms with Crippen molar-refractivity contribution in [2.24, 2.45) is 16.8 Å². The van der Waals surface area contributed by atoms with Gasteiger partial charge in [0.1, 0.15) is 5.82 Å². The van der Waals surface area contributed by atoms with E-state index >= 15 is 0 Å². The zero-order chi connectivity index (χ0) is 20.9. The molecule has 30 heavy (non-hydrogen) atoms. The highest BCUT2D eigenvalue weighted by Crippen LogP contribution is 2.43. The van der Waals surface area contributed by atoms with Gasteiger partial charge in [-0.15, -0.1) is 0 Å². The molecule has 0 bridgehead atoms. The fraction of sp³-hybridized carbons (Fsp3) is 0.250. The highest BCUT2D eigenvalue weighted by molar-refractivity contribution is 5.84. The van der Waals surface area contributed by atoms with Gasteiger partial charge in [0.25, 0.3) is 0 Å². The molecule has 0 radical (unpaired) electrons. The molecule has 2 heterocycles. The molecule has 2 aliphatic heterocycles. The van der Waals surface area contributed by atoms with Gasteiger partial charge in [0.05, 0.1) is 17.3 Å². The Bertz CT molecular complexity index is 1060. The predicted octanol–water partition coefficient (Wildman–Crippen LogP) is 3.76. The number of amides is 1. The fourth-order valence-electron chi connectivity index (χ4n) is 4.64. The van der Waals surface area contributed by atoms with Gasteiger partial charge in [-0.05, 0) is 48.9 Å². The summed E-state index contributed by atoms with van der Waals surface area (Å²) in [7, 11) is 0. The maximum Gasteiger partial charge on any atom is 0.229 e. The topological polar surface area (TPSA) is 61.9 Å². The van der Waals surface area contributed by atoms with Crippen molar-refractivity contribution >= 4 is 17.8 Å². The van der Waals surface area contributed by atoms with Crippen LogP contribution in [0.3, 0.4) is 0 Å². The lowest BCUT2D eigenvalue weighted by atomic mass is 9.82. The van der Waals surface area contributed by atoms with E-state index in [0.717, 1.165) is 16.9 Å². The monoisotopic (exact) mass is 402 g/mol. The van der Waals surface area contributed by atoms with Crippen LogP contribution in [0.5, 0.6) is 0 Å². The van der Waals surface area contributed by atoms with Crippen molar-refractivity contribution in [2.45, 2.75) is 31.0 Å². The largest absolute Gasteiger partial charge is 0.325 e. The van der Waals surface area contributed by atoms with Crippen molar-refractivity contribution in [1.29, 1.82) is 0 Å². The van der Waals surface area contributed by atoms with Gasteiger partial charge in [0.2, 0.25) is 5.91 Å². The van der Waals surface area contributed by atoms with Gasteiger partial charge in [-0.2, -0.15) is 5.10 Å². The molecule has 3 unspecified atom stereocenters. The summed E-state index contributed by atoms with van der Waals surface area (Å²) in [5.74, 6) is -0.273. The number of hydrogen-bond acceptors (Lipinski definition) is 4.